The molecule has 0 N–H and O–H groups in total. The molecule has 2 rings (SSSR count). The van der Waals surface area contributed by atoms with Gasteiger partial charge in [-0.3, -0.25) is 4.74 Å². The second-order valence-electron chi connectivity index (χ2n) is 2.05. The summed E-state index contributed by atoms with van der Waals surface area (Å²) in [6.45, 7) is 0. The fraction of sp³-hybridized carbons (Fsp3) is 0. The lowest BCUT2D eigenvalue weighted by molar-refractivity contribution is 0.469. The van der Waals surface area contributed by atoms with Crippen molar-refractivity contribution < 1.29 is 4.74 Å². The Morgan fingerprint density at radius 3 is 3.20 bits per heavy atom. The molecule has 0 spiro atoms. The summed E-state index contributed by atoms with van der Waals surface area (Å²) in [7, 11) is 0. The highest BCUT2D eigenvalue weighted by Gasteiger charge is 2.18. The monoisotopic (exact) mass is 195 g/mol. The second kappa shape index (κ2) is 2.08. The average Bonchev–Trinajstić information content (AvgIpc) is 2.33. The summed E-state index contributed by atoms with van der Waals surface area (Å²) in [6, 6.07) is 5.85. The zero-order valence-corrected chi connectivity index (χ0v) is 6.68. The molecule has 0 saturated heterocycles. The fourth-order valence-electron chi connectivity index (χ4n) is 0.881. The van der Waals surface area contributed by atoms with Crippen LogP contribution in [0, 0.1) is 6.26 Å². The summed E-state index contributed by atoms with van der Waals surface area (Å²) in [4.78, 5) is 0. The molecule has 10 heavy (non-hydrogen) atoms. The minimum atomic E-state index is 0.878. The highest BCUT2D eigenvalue weighted by Crippen LogP contribution is 2.27. The molecule has 0 unspecified atom stereocenters. The molecule has 48 valence electrons. The first-order chi connectivity index (χ1) is 4.86. The summed E-state index contributed by atoms with van der Waals surface area (Å²) in [5.74, 6) is 0.878. The summed E-state index contributed by atoms with van der Waals surface area (Å²) in [5.41, 5.74) is 1.08. The maximum absolute atomic E-state index is 5.03. The molecule has 0 fully saturated rings. The van der Waals surface area contributed by atoms with Crippen molar-refractivity contribution >= 4 is 22.0 Å². The molecule has 1 heterocycles. The van der Waals surface area contributed by atoms with Gasteiger partial charge in [0, 0.05) is 10.5 Å². The third-order valence-electron chi connectivity index (χ3n) is 1.36. The van der Waals surface area contributed by atoms with E-state index in [0.717, 1.165) is 15.8 Å². The van der Waals surface area contributed by atoms with Gasteiger partial charge in [0.15, 0.2) is 11.6 Å². The SMILES string of the molecule is Brc1ccc2c(c1)C=[C+]O2. The molecular formula is C8H4BrO+. The molecule has 0 radical (unpaired) electrons. The number of benzene rings is 1. The average molecular weight is 196 g/mol. The molecule has 0 atom stereocenters. The van der Waals surface area contributed by atoms with Crippen molar-refractivity contribution in [2.75, 3.05) is 0 Å². The Hall–Kier alpha value is -0.850. The first-order valence-electron chi connectivity index (χ1n) is 2.91. The Labute approximate surface area is 67.4 Å². The van der Waals surface area contributed by atoms with Gasteiger partial charge in [0.25, 0.3) is 5.75 Å². The lowest BCUT2D eigenvalue weighted by Crippen LogP contribution is -1.76. The molecule has 2 heteroatoms. The number of hydrogen-bond acceptors (Lipinski definition) is 1. The quantitative estimate of drug-likeness (QED) is 0.579. The van der Waals surface area contributed by atoms with E-state index >= 15 is 0 Å². The Morgan fingerprint density at radius 2 is 2.30 bits per heavy atom. The number of rotatable bonds is 0. The van der Waals surface area contributed by atoms with E-state index in [1.807, 2.05) is 24.3 Å². The molecule has 1 aliphatic heterocycles. The highest BCUT2D eigenvalue weighted by molar-refractivity contribution is 9.10. The van der Waals surface area contributed by atoms with E-state index in [0.29, 0.717) is 0 Å². The predicted octanol–water partition coefficient (Wildman–Crippen LogP) is 2.62. The molecule has 1 aromatic carbocycles. The molecule has 1 nitrogen and oxygen atoms in total. The van der Waals surface area contributed by atoms with Crippen LogP contribution in [-0.4, -0.2) is 0 Å². The van der Waals surface area contributed by atoms with Crippen LogP contribution < -0.4 is 4.74 Å². The van der Waals surface area contributed by atoms with Gasteiger partial charge in [-0.25, -0.2) is 0 Å². The van der Waals surface area contributed by atoms with Gasteiger partial charge in [0.1, 0.15) is 0 Å². The van der Waals surface area contributed by atoms with Crippen LogP contribution in [0.4, 0.5) is 0 Å². The third kappa shape index (κ3) is 0.821. The van der Waals surface area contributed by atoms with Crippen molar-refractivity contribution in [2.45, 2.75) is 0 Å². The lowest BCUT2D eigenvalue weighted by Gasteiger charge is -1.85. The van der Waals surface area contributed by atoms with Crippen LogP contribution in [0.25, 0.3) is 6.08 Å². The number of halogens is 1. The first kappa shape index (κ1) is 5.90. The molecule has 1 aliphatic rings. The van der Waals surface area contributed by atoms with Crippen LogP contribution >= 0.6 is 15.9 Å². The molecule has 1 aromatic rings. The van der Waals surface area contributed by atoms with Crippen molar-refractivity contribution in [3.05, 3.63) is 34.5 Å². The standard InChI is InChI=1S/C8H4BrO/c9-7-1-2-8-6(5-7)3-4-10-8/h1-3,5H/q+1. The third-order valence-corrected chi connectivity index (χ3v) is 1.85. The minimum Gasteiger partial charge on any atom is -0.274 e. The van der Waals surface area contributed by atoms with Crippen molar-refractivity contribution in [3.63, 3.8) is 0 Å². The molecule has 0 aromatic heterocycles. The first-order valence-corrected chi connectivity index (χ1v) is 3.71. The van der Waals surface area contributed by atoms with Gasteiger partial charge in [-0.15, -0.1) is 0 Å². The second-order valence-corrected chi connectivity index (χ2v) is 2.96. The van der Waals surface area contributed by atoms with E-state index in [1.54, 1.807) is 0 Å². The van der Waals surface area contributed by atoms with Crippen LogP contribution in [0.3, 0.4) is 0 Å². The maximum atomic E-state index is 5.03. The Balaban J connectivity index is 2.60. The van der Waals surface area contributed by atoms with Crippen molar-refractivity contribution in [2.24, 2.45) is 0 Å². The number of ether oxygens (including phenoxy) is 1. The maximum Gasteiger partial charge on any atom is 0.299 e. The smallest absolute Gasteiger partial charge is 0.274 e. The van der Waals surface area contributed by atoms with E-state index in [-0.39, 0.29) is 0 Å². The van der Waals surface area contributed by atoms with E-state index in [1.165, 1.54) is 0 Å². The minimum absolute atomic E-state index is 0.878. The van der Waals surface area contributed by atoms with Gasteiger partial charge < -0.3 is 0 Å². The van der Waals surface area contributed by atoms with Gasteiger partial charge in [0.2, 0.25) is 6.26 Å². The number of fused-ring (bicyclic) bond motifs is 1. The van der Waals surface area contributed by atoms with Crippen molar-refractivity contribution in [3.8, 4) is 5.75 Å². The van der Waals surface area contributed by atoms with Crippen LogP contribution in [-0.2, 0) is 0 Å². The van der Waals surface area contributed by atoms with Gasteiger partial charge >= 0.3 is 0 Å². The Kier molecular flexibility index (Phi) is 1.23. The van der Waals surface area contributed by atoms with Gasteiger partial charge in [-0.2, -0.15) is 0 Å². The molecule has 0 aliphatic carbocycles. The summed E-state index contributed by atoms with van der Waals surface area (Å²) in [5, 5.41) is 0. The molecule has 0 saturated carbocycles. The van der Waals surface area contributed by atoms with Gasteiger partial charge in [-0.05, 0) is 22.0 Å². The fourth-order valence-corrected chi connectivity index (χ4v) is 1.26. The summed E-state index contributed by atoms with van der Waals surface area (Å²) >= 11 is 3.36. The van der Waals surface area contributed by atoms with Crippen molar-refractivity contribution in [1.29, 1.82) is 0 Å². The zero-order chi connectivity index (χ0) is 6.97. The van der Waals surface area contributed by atoms with Gasteiger partial charge in [-0.1, -0.05) is 0 Å². The summed E-state index contributed by atoms with van der Waals surface area (Å²) in [6.07, 6.45) is 4.49. The van der Waals surface area contributed by atoms with Crippen LogP contribution in [0.5, 0.6) is 5.75 Å². The van der Waals surface area contributed by atoms with E-state index in [9.17, 15) is 0 Å². The Morgan fingerprint density at radius 1 is 1.40 bits per heavy atom. The number of hydrogen-bond donors (Lipinski definition) is 0. The summed E-state index contributed by atoms with van der Waals surface area (Å²) < 4.78 is 6.09. The highest BCUT2D eigenvalue weighted by atomic mass is 79.9. The van der Waals surface area contributed by atoms with Crippen LogP contribution in [0.2, 0.25) is 0 Å². The zero-order valence-electron chi connectivity index (χ0n) is 5.10. The predicted molar refractivity (Wildman–Crippen MR) is 42.5 cm³/mol. The normalized spacial score (nSPS) is 12.1. The van der Waals surface area contributed by atoms with Crippen molar-refractivity contribution in [1.82, 2.24) is 0 Å². The molecular weight excluding hydrogens is 192 g/mol. The van der Waals surface area contributed by atoms with E-state index < -0.39 is 0 Å². The van der Waals surface area contributed by atoms with Gasteiger partial charge in [0.05, 0.1) is 6.07 Å². The molecule has 0 bridgehead atoms. The topological polar surface area (TPSA) is 9.23 Å². The van der Waals surface area contributed by atoms with E-state index in [2.05, 4.69) is 22.2 Å². The van der Waals surface area contributed by atoms with E-state index in [4.69, 9.17) is 4.74 Å². The Bertz CT molecular complexity index is 291. The lowest BCUT2D eigenvalue weighted by atomic mass is 10.2. The van der Waals surface area contributed by atoms with Crippen LogP contribution in [0.15, 0.2) is 22.7 Å². The largest absolute Gasteiger partial charge is 0.299 e. The van der Waals surface area contributed by atoms with Crippen LogP contribution in [0.1, 0.15) is 5.56 Å². The molecule has 0 amide bonds.